The first-order chi connectivity index (χ1) is 9.07. The van der Waals surface area contributed by atoms with E-state index in [0.29, 0.717) is 0 Å². The van der Waals surface area contributed by atoms with E-state index in [1.807, 2.05) is 6.20 Å². The Hall–Kier alpha value is -0.450. The molecule has 1 aromatic heterocycles. The van der Waals surface area contributed by atoms with Crippen LogP contribution >= 0.6 is 11.3 Å². The molecule has 1 aromatic rings. The fourth-order valence-corrected chi connectivity index (χ4v) is 3.55. The monoisotopic (exact) mass is 281 g/mol. The molecule has 1 aliphatic heterocycles. The van der Waals surface area contributed by atoms with Gasteiger partial charge < -0.3 is 5.32 Å². The second kappa shape index (κ2) is 5.90. The van der Waals surface area contributed by atoms with Crippen LogP contribution in [0.15, 0.2) is 11.6 Å². The normalized spacial score (nSPS) is 27.6. The first kappa shape index (κ1) is 14.9. The van der Waals surface area contributed by atoms with E-state index >= 15 is 0 Å². The molecule has 108 valence electrons. The van der Waals surface area contributed by atoms with Crippen LogP contribution in [0.3, 0.4) is 0 Å². The quantitative estimate of drug-likeness (QED) is 0.898. The Morgan fingerprint density at radius 3 is 2.58 bits per heavy atom. The summed E-state index contributed by atoms with van der Waals surface area (Å²) < 4.78 is 0. The predicted molar refractivity (Wildman–Crippen MR) is 82.5 cm³/mol. The van der Waals surface area contributed by atoms with Crippen molar-refractivity contribution in [3.05, 3.63) is 16.6 Å². The number of rotatable bonds is 5. The summed E-state index contributed by atoms with van der Waals surface area (Å²) in [6, 6.07) is 0. The van der Waals surface area contributed by atoms with Gasteiger partial charge in [-0.1, -0.05) is 20.8 Å². The maximum absolute atomic E-state index is 4.47. The van der Waals surface area contributed by atoms with Gasteiger partial charge in [-0.2, -0.15) is 0 Å². The molecule has 0 bridgehead atoms. The van der Waals surface area contributed by atoms with Crippen LogP contribution in [0.5, 0.6) is 0 Å². The molecular formula is C15H27N3S. The molecule has 0 spiro atoms. The lowest BCUT2D eigenvalue weighted by Crippen LogP contribution is -2.68. The topological polar surface area (TPSA) is 28.2 Å². The van der Waals surface area contributed by atoms with Crippen LogP contribution in [0.25, 0.3) is 0 Å². The highest BCUT2D eigenvalue weighted by Crippen LogP contribution is 2.31. The minimum absolute atomic E-state index is 0.250. The van der Waals surface area contributed by atoms with Crippen molar-refractivity contribution in [2.75, 3.05) is 13.1 Å². The number of nitrogens with zero attached hydrogens (tertiary/aromatic N) is 2. The zero-order chi connectivity index (χ0) is 13.9. The molecule has 0 aromatic carbocycles. The van der Waals surface area contributed by atoms with Crippen LogP contribution in [0.4, 0.5) is 0 Å². The van der Waals surface area contributed by atoms with Gasteiger partial charge >= 0.3 is 0 Å². The van der Waals surface area contributed by atoms with E-state index in [9.17, 15) is 0 Å². The lowest BCUT2D eigenvalue weighted by molar-refractivity contribution is 0.00272. The zero-order valence-electron chi connectivity index (χ0n) is 12.7. The Morgan fingerprint density at radius 1 is 1.32 bits per heavy atom. The van der Waals surface area contributed by atoms with Gasteiger partial charge in [0, 0.05) is 35.7 Å². The van der Waals surface area contributed by atoms with Gasteiger partial charge in [0.1, 0.15) is 5.01 Å². The molecule has 1 atom stereocenters. The second-order valence-electron chi connectivity index (χ2n) is 5.97. The third kappa shape index (κ3) is 3.01. The fraction of sp³-hybridized carbons (Fsp3) is 0.800. The van der Waals surface area contributed by atoms with Crippen LogP contribution in [0.2, 0.25) is 0 Å². The Balaban J connectivity index is 2.17. The molecular weight excluding hydrogens is 254 g/mol. The summed E-state index contributed by atoms with van der Waals surface area (Å²) in [5.41, 5.74) is 0.533. The molecule has 1 fully saturated rings. The molecule has 1 saturated heterocycles. The van der Waals surface area contributed by atoms with Crippen LogP contribution in [0.1, 0.15) is 52.0 Å². The first-order valence-corrected chi connectivity index (χ1v) is 8.34. The lowest BCUT2D eigenvalue weighted by Gasteiger charge is -2.53. The van der Waals surface area contributed by atoms with E-state index in [4.69, 9.17) is 0 Å². The van der Waals surface area contributed by atoms with Gasteiger partial charge in [0.25, 0.3) is 0 Å². The minimum Gasteiger partial charge on any atom is -0.308 e. The number of hydrogen-bond acceptors (Lipinski definition) is 4. The lowest BCUT2D eigenvalue weighted by atomic mass is 9.83. The van der Waals surface area contributed by atoms with E-state index in [-0.39, 0.29) is 11.1 Å². The molecule has 4 heteroatoms. The molecule has 0 saturated carbocycles. The van der Waals surface area contributed by atoms with Crippen molar-refractivity contribution in [1.29, 1.82) is 0 Å². The van der Waals surface area contributed by atoms with Crippen molar-refractivity contribution >= 4 is 11.3 Å². The van der Waals surface area contributed by atoms with Gasteiger partial charge in [-0.3, -0.25) is 4.90 Å². The largest absolute Gasteiger partial charge is 0.308 e. The molecule has 1 aliphatic rings. The van der Waals surface area contributed by atoms with E-state index < -0.39 is 0 Å². The number of thiazole rings is 1. The average Bonchev–Trinajstić information content (AvgIpc) is 2.95. The molecule has 0 aliphatic carbocycles. The molecule has 19 heavy (non-hydrogen) atoms. The highest BCUT2D eigenvalue weighted by molar-refractivity contribution is 7.09. The summed E-state index contributed by atoms with van der Waals surface area (Å²) in [5.74, 6) is 0. The summed E-state index contributed by atoms with van der Waals surface area (Å²) >= 11 is 1.77. The second-order valence-corrected chi connectivity index (χ2v) is 6.95. The zero-order valence-corrected chi connectivity index (χ0v) is 13.5. The SMILES string of the molecule is CCC1(CC)CN(Cc2nccs2)C(C)(CC)CN1. The van der Waals surface area contributed by atoms with E-state index in [1.54, 1.807) is 11.3 Å². The Labute approximate surface area is 121 Å². The molecule has 2 rings (SSSR count). The number of piperazine rings is 1. The molecule has 2 heterocycles. The summed E-state index contributed by atoms with van der Waals surface area (Å²) in [4.78, 5) is 7.11. The van der Waals surface area contributed by atoms with Crippen LogP contribution < -0.4 is 5.32 Å². The van der Waals surface area contributed by atoms with Crippen LogP contribution in [-0.2, 0) is 6.54 Å². The Kier molecular flexibility index (Phi) is 4.64. The van der Waals surface area contributed by atoms with Gasteiger partial charge in [-0.15, -0.1) is 11.3 Å². The first-order valence-electron chi connectivity index (χ1n) is 7.46. The molecule has 3 nitrogen and oxygen atoms in total. The smallest absolute Gasteiger partial charge is 0.107 e. The third-order valence-electron chi connectivity index (χ3n) is 5.03. The molecule has 0 amide bonds. The summed E-state index contributed by atoms with van der Waals surface area (Å²) in [5, 5.41) is 7.14. The number of hydrogen-bond donors (Lipinski definition) is 1. The van der Waals surface area contributed by atoms with Crippen molar-refractivity contribution < 1.29 is 0 Å². The number of nitrogens with one attached hydrogen (secondary N) is 1. The van der Waals surface area contributed by atoms with E-state index in [0.717, 1.165) is 19.6 Å². The highest BCUT2D eigenvalue weighted by atomic mass is 32.1. The standard InChI is InChI=1S/C15H27N3S/c1-5-14(4)11-17-15(6-2,7-3)12-18(14)10-13-16-8-9-19-13/h8-9,17H,5-7,10-12H2,1-4H3. The van der Waals surface area contributed by atoms with Crippen molar-refractivity contribution in [3.8, 4) is 0 Å². The summed E-state index contributed by atoms with van der Waals surface area (Å²) in [6.07, 6.45) is 5.47. The third-order valence-corrected chi connectivity index (χ3v) is 5.79. The maximum Gasteiger partial charge on any atom is 0.107 e. The Bertz CT molecular complexity index is 386. The highest BCUT2D eigenvalue weighted by Gasteiger charge is 2.42. The summed E-state index contributed by atoms with van der Waals surface area (Å²) in [7, 11) is 0. The minimum atomic E-state index is 0.250. The van der Waals surface area contributed by atoms with Gasteiger partial charge in [0.05, 0.1) is 6.54 Å². The molecule has 1 unspecified atom stereocenters. The van der Waals surface area contributed by atoms with Crippen LogP contribution in [0, 0.1) is 0 Å². The fourth-order valence-electron chi connectivity index (χ4n) is 2.92. The van der Waals surface area contributed by atoms with Crippen molar-refractivity contribution in [1.82, 2.24) is 15.2 Å². The van der Waals surface area contributed by atoms with Gasteiger partial charge in [-0.25, -0.2) is 4.98 Å². The van der Waals surface area contributed by atoms with Crippen molar-refractivity contribution in [2.24, 2.45) is 0 Å². The average molecular weight is 281 g/mol. The van der Waals surface area contributed by atoms with Gasteiger partial charge in [0.15, 0.2) is 0 Å². The Morgan fingerprint density at radius 2 is 2.05 bits per heavy atom. The van der Waals surface area contributed by atoms with E-state index in [1.165, 1.54) is 24.3 Å². The molecule has 1 N–H and O–H groups in total. The van der Waals surface area contributed by atoms with Crippen molar-refractivity contribution in [3.63, 3.8) is 0 Å². The van der Waals surface area contributed by atoms with Gasteiger partial charge in [-0.05, 0) is 26.2 Å². The van der Waals surface area contributed by atoms with E-state index in [2.05, 4.69) is 48.3 Å². The molecule has 0 radical (unpaired) electrons. The van der Waals surface area contributed by atoms with Crippen LogP contribution in [-0.4, -0.2) is 34.1 Å². The maximum atomic E-state index is 4.47. The summed E-state index contributed by atoms with van der Waals surface area (Å²) in [6.45, 7) is 12.5. The van der Waals surface area contributed by atoms with Gasteiger partial charge in [0.2, 0.25) is 0 Å². The van der Waals surface area contributed by atoms with Crippen molar-refractivity contribution in [2.45, 2.75) is 64.6 Å². The number of aromatic nitrogens is 1. The predicted octanol–water partition coefficient (Wildman–Crippen LogP) is 3.28.